The molecule has 1 unspecified atom stereocenters. The van der Waals surface area contributed by atoms with Gasteiger partial charge in [0.15, 0.2) is 0 Å². The van der Waals surface area contributed by atoms with Crippen LogP contribution in [0.4, 0.5) is 13.2 Å². The number of alkyl halides is 3. The number of hydrogen-bond donors (Lipinski definition) is 1. The maximum Gasteiger partial charge on any atom is 0.416 e. The Balaban J connectivity index is 2.03. The highest BCUT2D eigenvalue weighted by Crippen LogP contribution is 2.56. The smallest absolute Gasteiger partial charge is 0.416 e. The molecule has 1 aromatic rings. The van der Waals surface area contributed by atoms with Crippen molar-refractivity contribution in [2.24, 2.45) is 0 Å². The molecule has 1 atom stereocenters. The fourth-order valence-corrected chi connectivity index (χ4v) is 3.51. The third kappa shape index (κ3) is 2.48. The van der Waals surface area contributed by atoms with Gasteiger partial charge in [-0.3, -0.25) is 9.59 Å². The summed E-state index contributed by atoms with van der Waals surface area (Å²) in [4.78, 5) is 24.8. The van der Waals surface area contributed by atoms with Gasteiger partial charge in [0.1, 0.15) is 0 Å². The van der Waals surface area contributed by atoms with Gasteiger partial charge in [-0.15, -0.1) is 0 Å². The molecule has 1 aromatic carbocycles. The molecule has 4 nitrogen and oxygen atoms in total. The first-order valence-corrected chi connectivity index (χ1v) is 7.41. The Morgan fingerprint density at radius 3 is 2.57 bits per heavy atom. The summed E-state index contributed by atoms with van der Waals surface area (Å²) >= 11 is 0. The lowest BCUT2D eigenvalue weighted by Crippen LogP contribution is -2.51. The van der Waals surface area contributed by atoms with Crippen LogP contribution in [0.5, 0.6) is 0 Å². The molecule has 1 aliphatic carbocycles. The van der Waals surface area contributed by atoms with Crippen molar-refractivity contribution in [2.75, 3.05) is 6.54 Å². The largest absolute Gasteiger partial charge is 0.481 e. The van der Waals surface area contributed by atoms with Crippen molar-refractivity contribution in [3.8, 4) is 0 Å². The average Bonchev–Trinajstić information content (AvgIpc) is 3.25. The average molecular weight is 327 g/mol. The second kappa shape index (κ2) is 4.97. The normalized spacial score (nSPS) is 22.2. The van der Waals surface area contributed by atoms with E-state index >= 15 is 0 Å². The lowest BCUT2D eigenvalue weighted by Gasteiger charge is -2.41. The number of carboxylic acids is 1. The van der Waals surface area contributed by atoms with Crippen molar-refractivity contribution in [2.45, 2.75) is 43.8 Å². The van der Waals surface area contributed by atoms with Gasteiger partial charge >= 0.3 is 12.1 Å². The molecule has 1 saturated carbocycles. The van der Waals surface area contributed by atoms with Gasteiger partial charge in [-0.2, -0.15) is 13.2 Å². The summed E-state index contributed by atoms with van der Waals surface area (Å²) in [7, 11) is 0. The molecule has 0 aromatic heterocycles. The Labute approximate surface area is 130 Å². The van der Waals surface area contributed by atoms with E-state index in [2.05, 4.69) is 0 Å². The van der Waals surface area contributed by atoms with Gasteiger partial charge in [0.2, 0.25) is 0 Å². The standard InChI is InChI=1S/C16H16F3NO3/c1-9-15(5-6-15)12-8-10(16(17,18)19)2-3-11(12)14(23)20(9)7-4-13(21)22/h2-3,8-9H,4-7H2,1H3,(H,21,22). The molecule has 1 spiro atoms. The molecule has 7 heteroatoms. The monoisotopic (exact) mass is 327 g/mol. The van der Waals surface area contributed by atoms with Gasteiger partial charge in [0.25, 0.3) is 5.91 Å². The lowest BCUT2D eigenvalue weighted by molar-refractivity contribution is -0.138. The molecule has 1 heterocycles. The van der Waals surface area contributed by atoms with Crippen molar-refractivity contribution >= 4 is 11.9 Å². The van der Waals surface area contributed by atoms with Crippen molar-refractivity contribution < 1.29 is 27.9 Å². The van der Waals surface area contributed by atoms with Crippen molar-refractivity contribution in [3.63, 3.8) is 0 Å². The van der Waals surface area contributed by atoms with Crippen LogP contribution in [-0.2, 0) is 16.4 Å². The lowest BCUT2D eigenvalue weighted by atomic mass is 9.79. The van der Waals surface area contributed by atoms with Crippen molar-refractivity contribution in [1.82, 2.24) is 4.90 Å². The number of amides is 1. The maximum absolute atomic E-state index is 13.0. The van der Waals surface area contributed by atoms with Gasteiger partial charge in [0, 0.05) is 23.6 Å². The summed E-state index contributed by atoms with van der Waals surface area (Å²) in [5.41, 5.74) is -0.500. The molecule has 23 heavy (non-hydrogen) atoms. The molecular formula is C16H16F3NO3. The van der Waals surface area contributed by atoms with Gasteiger partial charge in [-0.1, -0.05) is 0 Å². The summed E-state index contributed by atoms with van der Waals surface area (Å²) in [6, 6.07) is 2.93. The van der Waals surface area contributed by atoms with Crippen molar-refractivity contribution in [1.29, 1.82) is 0 Å². The molecule has 1 amide bonds. The molecule has 0 radical (unpaired) electrons. The second-order valence-electron chi connectivity index (χ2n) is 6.23. The summed E-state index contributed by atoms with van der Waals surface area (Å²) < 4.78 is 38.9. The fourth-order valence-electron chi connectivity index (χ4n) is 3.51. The second-order valence-corrected chi connectivity index (χ2v) is 6.23. The van der Waals surface area contributed by atoms with E-state index in [1.807, 2.05) is 0 Å². The molecule has 0 bridgehead atoms. The van der Waals surface area contributed by atoms with E-state index in [0.717, 1.165) is 12.1 Å². The molecular weight excluding hydrogens is 311 g/mol. The molecule has 3 rings (SSSR count). The highest BCUT2D eigenvalue weighted by atomic mass is 19.4. The highest BCUT2D eigenvalue weighted by Gasteiger charge is 2.56. The molecule has 2 aliphatic rings. The summed E-state index contributed by atoms with van der Waals surface area (Å²) in [5, 5.41) is 8.82. The van der Waals surface area contributed by atoms with E-state index in [-0.39, 0.29) is 30.5 Å². The number of carboxylic acid groups (broad SMARTS) is 1. The third-order valence-corrected chi connectivity index (χ3v) is 5.00. The number of rotatable bonds is 3. The van der Waals surface area contributed by atoms with E-state index in [0.29, 0.717) is 18.4 Å². The first kappa shape index (κ1) is 15.8. The minimum absolute atomic E-state index is 0.0670. The zero-order chi connectivity index (χ0) is 17.0. The van der Waals surface area contributed by atoms with Crippen LogP contribution in [0.3, 0.4) is 0 Å². The number of nitrogens with zero attached hydrogens (tertiary/aromatic N) is 1. The van der Waals surface area contributed by atoms with E-state index in [1.54, 1.807) is 6.92 Å². The number of benzene rings is 1. The Kier molecular flexibility index (Phi) is 3.42. The first-order chi connectivity index (χ1) is 10.7. The van der Waals surface area contributed by atoms with Gasteiger partial charge in [-0.05, 0) is 43.5 Å². The Hall–Kier alpha value is -2.05. The number of hydrogen-bond acceptors (Lipinski definition) is 2. The number of fused-ring (bicyclic) bond motifs is 2. The number of halogens is 3. The van der Waals surface area contributed by atoms with Crippen LogP contribution in [0.25, 0.3) is 0 Å². The molecule has 1 N–H and O–H groups in total. The maximum atomic E-state index is 13.0. The van der Waals surface area contributed by atoms with Crippen LogP contribution in [0, 0.1) is 0 Å². The van der Waals surface area contributed by atoms with E-state index in [4.69, 9.17) is 5.11 Å². The van der Waals surface area contributed by atoms with Gasteiger partial charge in [0.05, 0.1) is 12.0 Å². The fraction of sp³-hybridized carbons (Fsp3) is 0.500. The Morgan fingerprint density at radius 1 is 1.39 bits per heavy atom. The molecule has 1 fully saturated rings. The quantitative estimate of drug-likeness (QED) is 0.928. The zero-order valence-electron chi connectivity index (χ0n) is 12.5. The minimum Gasteiger partial charge on any atom is -0.481 e. The number of carbonyl (C=O) groups is 2. The predicted molar refractivity (Wildman–Crippen MR) is 75.1 cm³/mol. The predicted octanol–water partition coefficient (Wildman–Crippen LogP) is 3.06. The van der Waals surface area contributed by atoms with Gasteiger partial charge < -0.3 is 10.0 Å². The van der Waals surface area contributed by atoms with Crippen LogP contribution in [0.1, 0.15) is 47.7 Å². The minimum atomic E-state index is -4.45. The number of aliphatic carboxylic acids is 1. The summed E-state index contributed by atoms with van der Waals surface area (Å²) in [6.07, 6.45) is -3.21. The first-order valence-electron chi connectivity index (χ1n) is 7.41. The molecule has 124 valence electrons. The van der Waals surface area contributed by atoms with Crippen LogP contribution >= 0.6 is 0 Å². The Bertz CT molecular complexity index is 680. The third-order valence-electron chi connectivity index (χ3n) is 5.00. The zero-order valence-corrected chi connectivity index (χ0v) is 12.5. The molecule has 0 saturated heterocycles. The summed E-state index contributed by atoms with van der Waals surface area (Å²) in [5.74, 6) is -1.40. The summed E-state index contributed by atoms with van der Waals surface area (Å²) in [6.45, 7) is 1.85. The topological polar surface area (TPSA) is 57.6 Å². The van der Waals surface area contributed by atoms with Crippen LogP contribution < -0.4 is 0 Å². The number of carbonyl (C=O) groups excluding carboxylic acids is 1. The van der Waals surface area contributed by atoms with Crippen LogP contribution in [0.15, 0.2) is 18.2 Å². The van der Waals surface area contributed by atoms with E-state index < -0.39 is 23.1 Å². The van der Waals surface area contributed by atoms with Crippen LogP contribution in [0.2, 0.25) is 0 Å². The molecule has 1 aliphatic heterocycles. The Morgan fingerprint density at radius 2 is 2.04 bits per heavy atom. The van der Waals surface area contributed by atoms with Crippen LogP contribution in [-0.4, -0.2) is 34.5 Å². The van der Waals surface area contributed by atoms with Gasteiger partial charge in [-0.25, -0.2) is 0 Å². The van der Waals surface area contributed by atoms with Crippen molar-refractivity contribution in [3.05, 3.63) is 34.9 Å². The SMILES string of the molecule is CC1N(CCC(=O)O)C(=O)c2ccc(C(F)(F)F)cc2C12CC2. The highest BCUT2D eigenvalue weighted by molar-refractivity contribution is 5.98. The van der Waals surface area contributed by atoms with E-state index in [1.165, 1.54) is 11.0 Å². The van der Waals surface area contributed by atoms with E-state index in [9.17, 15) is 22.8 Å².